The molecule has 1 N–H and O–H groups in total. The van der Waals surface area contributed by atoms with E-state index in [0.717, 1.165) is 22.6 Å². The minimum Gasteiger partial charge on any atom is -0.325 e. The SMILES string of the molecule is Cc1ccc(S[C@@H](C)C(=O)Nc2ccc(F)c([N+](=O)[O-])c2)cc1. The van der Waals surface area contributed by atoms with Crippen LogP contribution in [0.5, 0.6) is 0 Å². The number of rotatable bonds is 5. The first-order valence-electron chi connectivity index (χ1n) is 6.85. The summed E-state index contributed by atoms with van der Waals surface area (Å²) in [7, 11) is 0. The molecule has 0 unspecified atom stereocenters. The van der Waals surface area contributed by atoms with E-state index < -0.39 is 21.7 Å². The van der Waals surface area contributed by atoms with Crippen LogP contribution in [0.2, 0.25) is 0 Å². The summed E-state index contributed by atoms with van der Waals surface area (Å²) in [5, 5.41) is 12.9. The second kappa shape index (κ2) is 7.23. The van der Waals surface area contributed by atoms with Gasteiger partial charge in [0.1, 0.15) is 0 Å². The summed E-state index contributed by atoms with van der Waals surface area (Å²) in [5.41, 5.74) is 0.658. The third-order valence-corrected chi connectivity index (χ3v) is 4.23. The Labute approximate surface area is 137 Å². The Kier molecular flexibility index (Phi) is 5.33. The molecular weight excluding hydrogens is 319 g/mol. The van der Waals surface area contributed by atoms with Gasteiger partial charge >= 0.3 is 5.69 Å². The van der Waals surface area contributed by atoms with Crippen LogP contribution >= 0.6 is 11.8 Å². The average molecular weight is 334 g/mol. The smallest absolute Gasteiger partial charge is 0.306 e. The maximum absolute atomic E-state index is 13.3. The number of benzene rings is 2. The molecular formula is C16H15FN2O3S. The molecule has 1 atom stereocenters. The Morgan fingerprint density at radius 3 is 2.52 bits per heavy atom. The molecule has 0 aliphatic carbocycles. The minimum atomic E-state index is -0.935. The lowest BCUT2D eigenvalue weighted by molar-refractivity contribution is -0.387. The number of carbonyl (C=O) groups excluding carboxylic acids is 1. The number of thioether (sulfide) groups is 1. The van der Waals surface area contributed by atoms with Crippen LogP contribution in [0.25, 0.3) is 0 Å². The van der Waals surface area contributed by atoms with Crippen molar-refractivity contribution in [2.75, 3.05) is 5.32 Å². The second-order valence-electron chi connectivity index (χ2n) is 4.99. The van der Waals surface area contributed by atoms with Gasteiger partial charge in [-0.15, -0.1) is 11.8 Å². The van der Waals surface area contributed by atoms with Gasteiger partial charge < -0.3 is 5.32 Å². The number of amides is 1. The van der Waals surface area contributed by atoms with Crippen LogP contribution in [0.1, 0.15) is 12.5 Å². The number of halogens is 1. The molecule has 0 saturated carbocycles. The molecule has 0 aliphatic rings. The van der Waals surface area contributed by atoms with Gasteiger partial charge in [0.05, 0.1) is 10.2 Å². The lowest BCUT2D eigenvalue weighted by atomic mass is 10.2. The Bertz CT molecular complexity index is 735. The van der Waals surface area contributed by atoms with Crippen LogP contribution in [-0.4, -0.2) is 16.1 Å². The van der Waals surface area contributed by atoms with E-state index in [1.807, 2.05) is 31.2 Å². The highest BCUT2D eigenvalue weighted by Crippen LogP contribution is 2.26. The Morgan fingerprint density at radius 1 is 1.26 bits per heavy atom. The Balaban J connectivity index is 2.04. The largest absolute Gasteiger partial charge is 0.325 e. The van der Waals surface area contributed by atoms with Gasteiger partial charge in [-0.05, 0) is 38.1 Å². The molecule has 0 aliphatic heterocycles. The number of aryl methyl sites for hydroxylation is 1. The number of nitro benzene ring substituents is 1. The normalized spacial score (nSPS) is 11.8. The highest BCUT2D eigenvalue weighted by molar-refractivity contribution is 8.00. The quantitative estimate of drug-likeness (QED) is 0.506. The molecule has 2 aromatic carbocycles. The van der Waals surface area contributed by atoms with E-state index in [-0.39, 0.29) is 11.6 Å². The number of nitrogens with zero attached hydrogens (tertiary/aromatic N) is 1. The molecule has 0 bridgehead atoms. The summed E-state index contributed by atoms with van der Waals surface area (Å²) in [6, 6.07) is 11.0. The van der Waals surface area contributed by atoms with Crippen molar-refractivity contribution < 1.29 is 14.1 Å². The number of carbonyl (C=O) groups is 1. The standard InChI is InChI=1S/C16H15FN2O3S/c1-10-3-6-13(7-4-10)23-11(2)16(20)18-12-5-8-14(17)15(9-12)19(21)22/h3-9,11H,1-2H3,(H,18,20)/t11-/m0/s1. The number of nitrogens with one attached hydrogen (secondary N) is 1. The first-order valence-corrected chi connectivity index (χ1v) is 7.73. The van der Waals surface area contributed by atoms with E-state index >= 15 is 0 Å². The monoisotopic (exact) mass is 334 g/mol. The highest BCUT2D eigenvalue weighted by Gasteiger charge is 2.18. The Hall–Kier alpha value is -2.41. The van der Waals surface area contributed by atoms with Crippen molar-refractivity contribution in [1.82, 2.24) is 0 Å². The van der Waals surface area contributed by atoms with Gasteiger partial charge in [0, 0.05) is 16.6 Å². The van der Waals surface area contributed by atoms with E-state index in [0.29, 0.717) is 0 Å². The van der Waals surface area contributed by atoms with Gasteiger partial charge in [0.2, 0.25) is 11.7 Å². The van der Waals surface area contributed by atoms with Crippen molar-refractivity contribution in [2.45, 2.75) is 24.0 Å². The number of hydrogen-bond donors (Lipinski definition) is 1. The molecule has 0 fully saturated rings. The van der Waals surface area contributed by atoms with Crippen LogP contribution in [0.4, 0.5) is 15.8 Å². The van der Waals surface area contributed by atoms with E-state index in [1.165, 1.54) is 17.8 Å². The van der Waals surface area contributed by atoms with Crippen molar-refractivity contribution in [3.63, 3.8) is 0 Å². The van der Waals surface area contributed by atoms with Crippen molar-refractivity contribution in [1.29, 1.82) is 0 Å². The summed E-state index contributed by atoms with van der Waals surface area (Å²) in [4.78, 5) is 23.0. The van der Waals surface area contributed by atoms with E-state index in [9.17, 15) is 19.3 Å². The highest BCUT2D eigenvalue weighted by atomic mass is 32.2. The van der Waals surface area contributed by atoms with Crippen LogP contribution in [0, 0.1) is 22.9 Å². The zero-order valence-electron chi connectivity index (χ0n) is 12.6. The lowest BCUT2D eigenvalue weighted by Crippen LogP contribution is -2.22. The predicted octanol–water partition coefficient (Wildman–Crippen LogP) is 4.16. The van der Waals surface area contributed by atoms with Crippen molar-refractivity contribution in [3.8, 4) is 0 Å². The third-order valence-electron chi connectivity index (χ3n) is 3.11. The van der Waals surface area contributed by atoms with Crippen LogP contribution in [0.3, 0.4) is 0 Å². The molecule has 5 nitrogen and oxygen atoms in total. The summed E-state index contributed by atoms with van der Waals surface area (Å²) >= 11 is 1.37. The van der Waals surface area contributed by atoms with Crippen LogP contribution in [0.15, 0.2) is 47.4 Å². The number of anilines is 1. The van der Waals surface area contributed by atoms with E-state index in [2.05, 4.69) is 5.32 Å². The van der Waals surface area contributed by atoms with Crippen LogP contribution in [-0.2, 0) is 4.79 Å². The molecule has 120 valence electrons. The summed E-state index contributed by atoms with van der Waals surface area (Å²) < 4.78 is 13.3. The molecule has 2 rings (SSSR count). The molecule has 23 heavy (non-hydrogen) atoms. The zero-order chi connectivity index (χ0) is 17.0. The molecule has 0 heterocycles. The van der Waals surface area contributed by atoms with Gasteiger partial charge in [0.25, 0.3) is 0 Å². The Morgan fingerprint density at radius 2 is 1.91 bits per heavy atom. The van der Waals surface area contributed by atoms with E-state index in [4.69, 9.17) is 0 Å². The molecule has 0 saturated heterocycles. The molecule has 0 aromatic heterocycles. The second-order valence-corrected chi connectivity index (χ2v) is 6.40. The fraction of sp³-hybridized carbons (Fsp3) is 0.188. The number of nitro groups is 1. The molecule has 2 aromatic rings. The first kappa shape index (κ1) is 17.0. The van der Waals surface area contributed by atoms with E-state index in [1.54, 1.807) is 6.92 Å². The maximum Gasteiger partial charge on any atom is 0.306 e. The summed E-state index contributed by atoms with van der Waals surface area (Å²) in [5.74, 6) is -1.24. The van der Waals surface area contributed by atoms with Gasteiger partial charge in [-0.1, -0.05) is 17.7 Å². The lowest BCUT2D eigenvalue weighted by Gasteiger charge is -2.12. The molecule has 0 spiro atoms. The molecule has 7 heteroatoms. The third kappa shape index (κ3) is 4.53. The maximum atomic E-state index is 13.3. The summed E-state index contributed by atoms with van der Waals surface area (Å²) in [6.07, 6.45) is 0. The molecule has 0 radical (unpaired) electrons. The van der Waals surface area contributed by atoms with Crippen LogP contribution < -0.4 is 5.32 Å². The van der Waals surface area contributed by atoms with Crippen molar-refractivity contribution >= 4 is 29.0 Å². The fourth-order valence-electron chi connectivity index (χ4n) is 1.85. The zero-order valence-corrected chi connectivity index (χ0v) is 13.4. The summed E-state index contributed by atoms with van der Waals surface area (Å²) in [6.45, 7) is 3.71. The van der Waals surface area contributed by atoms with Crippen molar-refractivity contribution in [2.24, 2.45) is 0 Å². The minimum absolute atomic E-state index is 0.194. The topological polar surface area (TPSA) is 72.2 Å². The van der Waals surface area contributed by atoms with Gasteiger partial charge in [-0.3, -0.25) is 14.9 Å². The predicted molar refractivity (Wildman–Crippen MR) is 88.2 cm³/mol. The van der Waals surface area contributed by atoms with Gasteiger partial charge in [-0.25, -0.2) is 0 Å². The average Bonchev–Trinajstić information content (AvgIpc) is 2.51. The first-order chi connectivity index (χ1) is 10.9. The fourth-order valence-corrected chi connectivity index (χ4v) is 2.72. The van der Waals surface area contributed by atoms with Gasteiger partial charge in [-0.2, -0.15) is 4.39 Å². The van der Waals surface area contributed by atoms with Crippen molar-refractivity contribution in [3.05, 3.63) is 64.0 Å². The molecule has 1 amide bonds. The van der Waals surface area contributed by atoms with Gasteiger partial charge in [0.15, 0.2) is 0 Å². The number of hydrogen-bond acceptors (Lipinski definition) is 4.